The van der Waals surface area contributed by atoms with Crippen LogP contribution in [0.15, 0.2) is 34.7 Å². The predicted molar refractivity (Wildman–Crippen MR) is 77.0 cm³/mol. The Morgan fingerprint density at radius 3 is 2.90 bits per heavy atom. The first-order chi connectivity index (χ1) is 9.61. The number of nitrogens with one attached hydrogen (secondary N) is 1. The first-order valence-corrected chi connectivity index (χ1v) is 6.98. The Balaban J connectivity index is 2.31. The first-order valence-electron chi connectivity index (χ1n) is 6.16. The van der Waals surface area contributed by atoms with E-state index in [0.717, 1.165) is 13.0 Å². The maximum atomic E-state index is 11.1. The largest absolute Gasteiger partial charge is 0.370 e. The van der Waals surface area contributed by atoms with Crippen LogP contribution in [-0.2, 0) is 7.05 Å². The van der Waals surface area contributed by atoms with E-state index in [0.29, 0.717) is 16.0 Å². The highest BCUT2D eigenvalue weighted by atomic mass is 32.2. The molecule has 106 valence electrons. The zero-order valence-corrected chi connectivity index (χ0v) is 12.1. The van der Waals surface area contributed by atoms with Crippen LogP contribution in [0, 0.1) is 10.1 Å². The molecular formula is C12H15N5O2S. The van der Waals surface area contributed by atoms with Gasteiger partial charge >= 0.3 is 5.69 Å². The molecule has 2 rings (SSSR count). The fraction of sp³-hybridized carbons (Fsp3) is 0.333. The van der Waals surface area contributed by atoms with Gasteiger partial charge in [0.15, 0.2) is 10.2 Å². The van der Waals surface area contributed by atoms with E-state index < -0.39 is 4.92 Å². The van der Waals surface area contributed by atoms with Crippen LogP contribution in [0.5, 0.6) is 0 Å². The molecule has 0 bridgehead atoms. The van der Waals surface area contributed by atoms with E-state index >= 15 is 0 Å². The molecule has 0 saturated carbocycles. The lowest BCUT2D eigenvalue weighted by atomic mass is 10.4. The zero-order valence-electron chi connectivity index (χ0n) is 11.2. The summed E-state index contributed by atoms with van der Waals surface area (Å²) < 4.78 is 1.79. The summed E-state index contributed by atoms with van der Waals surface area (Å²) in [4.78, 5) is 19.1. The molecule has 0 aromatic carbocycles. The number of hydrogen-bond donors (Lipinski definition) is 1. The lowest BCUT2D eigenvalue weighted by molar-refractivity contribution is -0.388. The quantitative estimate of drug-likeness (QED) is 0.651. The number of nitro groups is 1. The second-order valence-electron chi connectivity index (χ2n) is 4.13. The van der Waals surface area contributed by atoms with Crippen molar-refractivity contribution in [2.24, 2.45) is 7.05 Å². The van der Waals surface area contributed by atoms with Gasteiger partial charge in [0.1, 0.15) is 5.82 Å². The molecule has 2 aromatic rings. The maximum absolute atomic E-state index is 11.1. The number of rotatable bonds is 6. The van der Waals surface area contributed by atoms with Crippen LogP contribution >= 0.6 is 11.8 Å². The van der Waals surface area contributed by atoms with E-state index in [1.165, 1.54) is 17.8 Å². The van der Waals surface area contributed by atoms with Gasteiger partial charge in [0, 0.05) is 32.1 Å². The molecule has 7 nitrogen and oxygen atoms in total. The van der Waals surface area contributed by atoms with Gasteiger partial charge in [-0.25, -0.2) is 9.97 Å². The monoisotopic (exact) mass is 293 g/mol. The van der Waals surface area contributed by atoms with Gasteiger partial charge < -0.3 is 9.88 Å². The Labute approximate surface area is 120 Å². The molecule has 0 aliphatic rings. The minimum absolute atomic E-state index is 0.0138. The number of pyridine rings is 1. The molecule has 0 radical (unpaired) electrons. The van der Waals surface area contributed by atoms with Gasteiger partial charge in [-0.1, -0.05) is 6.92 Å². The third-order valence-electron chi connectivity index (χ3n) is 2.56. The zero-order chi connectivity index (χ0) is 14.5. The summed E-state index contributed by atoms with van der Waals surface area (Å²) in [7, 11) is 1.83. The van der Waals surface area contributed by atoms with Gasteiger partial charge in [-0.3, -0.25) is 10.1 Å². The second kappa shape index (κ2) is 6.38. The molecule has 0 amide bonds. The number of nitrogens with zero attached hydrogens (tertiary/aromatic N) is 4. The van der Waals surface area contributed by atoms with Crippen molar-refractivity contribution in [3.05, 3.63) is 34.6 Å². The fourth-order valence-electron chi connectivity index (χ4n) is 1.54. The van der Waals surface area contributed by atoms with Crippen molar-refractivity contribution in [1.82, 2.24) is 14.5 Å². The number of aromatic nitrogens is 3. The molecule has 0 spiro atoms. The van der Waals surface area contributed by atoms with Crippen LogP contribution in [0.1, 0.15) is 13.3 Å². The maximum Gasteiger partial charge on any atom is 0.301 e. The van der Waals surface area contributed by atoms with Crippen molar-refractivity contribution in [3.8, 4) is 0 Å². The molecule has 0 aliphatic carbocycles. The molecule has 2 heterocycles. The van der Waals surface area contributed by atoms with Gasteiger partial charge in [0.05, 0.1) is 4.92 Å². The van der Waals surface area contributed by atoms with Crippen LogP contribution in [0.25, 0.3) is 0 Å². The minimum atomic E-state index is -0.429. The van der Waals surface area contributed by atoms with Crippen LogP contribution in [0.2, 0.25) is 0 Å². The van der Waals surface area contributed by atoms with E-state index in [-0.39, 0.29) is 5.69 Å². The Morgan fingerprint density at radius 1 is 1.50 bits per heavy atom. The van der Waals surface area contributed by atoms with Gasteiger partial charge in [-0.05, 0) is 24.2 Å². The highest BCUT2D eigenvalue weighted by Crippen LogP contribution is 2.32. The summed E-state index contributed by atoms with van der Waals surface area (Å²) >= 11 is 1.18. The molecule has 0 atom stereocenters. The second-order valence-corrected chi connectivity index (χ2v) is 5.08. The van der Waals surface area contributed by atoms with Crippen LogP contribution in [0.3, 0.4) is 0 Å². The van der Waals surface area contributed by atoms with Crippen molar-refractivity contribution >= 4 is 23.3 Å². The van der Waals surface area contributed by atoms with Gasteiger partial charge in [-0.15, -0.1) is 0 Å². The smallest absolute Gasteiger partial charge is 0.301 e. The summed E-state index contributed by atoms with van der Waals surface area (Å²) in [6.45, 7) is 2.82. The van der Waals surface area contributed by atoms with E-state index in [9.17, 15) is 10.1 Å². The predicted octanol–water partition coefficient (Wildman–Crippen LogP) is 2.70. The Kier molecular flexibility index (Phi) is 4.57. The summed E-state index contributed by atoms with van der Waals surface area (Å²) in [5.41, 5.74) is -0.0138. The van der Waals surface area contributed by atoms with Crippen molar-refractivity contribution in [1.29, 1.82) is 0 Å². The Morgan fingerprint density at radius 2 is 2.30 bits per heavy atom. The first kappa shape index (κ1) is 14.3. The van der Waals surface area contributed by atoms with Crippen LogP contribution < -0.4 is 5.32 Å². The highest BCUT2D eigenvalue weighted by molar-refractivity contribution is 7.99. The van der Waals surface area contributed by atoms with Crippen LogP contribution in [-0.4, -0.2) is 26.0 Å². The topological polar surface area (TPSA) is 85.9 Å². The van der Waals surface area contributed by atoms with E-state index in [1.54, 1.807) is 23.0 Å². The van der Waals surface area contributed by atoms with Gasteiger partial charge in [0.25, 0.3) is 0 Å². The van der Waals surface area contributed by atoms with E-state index in [4.69, 9.17) is 0 Å². The normalized spacial score (nSPS) is 10.5. The molecule has 2 aromatic heterocycles. The van der Waals surface area contributed by atoms with Crippen molar-refractivity contribution < 1.29 is 4.92 Å². The van der Waals surface area contributed by atoms with Gasteiger partial charge in [0.2, 0.25) is 0 Å². The number of hydrogen-bond acceptors (Lipinski definition) is 6. The Bertz CT molecular complexity index is 614. The third-order valence-corrected chi connectivity index (χ3v) is 3.63. The lowest BCUT2D eigenvalue weighted by Crippen LogP contribution is -2.04. The molecule has 0 saturated heterocycles. The summed E-state index contributed by atoms with van der Waals surface area (Å²) in [5, 5.41) is 15.2. The summed E-state index contributed by atoms with van der Waals surface area (Å²) in [6.07, 6.45) is 4.39. The fourth-order valence-corrected chi connectivity index (χ4v) is 2.42. The van der Waals surface area contributed by atoms with Gasteiger partial charge in [-0.2, -0.15) is 0 Å². The third kappa shape index (κ3) is 3.27. The average molecular weight is 293 g/mol. The summed E-state index contributed by atoms with van der Waals surface area (Å²) in [5.74, 6) is 0.633. The number of anilines is 1. The molecule has 8 heteroatoms. The Hall–Kier alpha value is -2.09. The van der Waals surface area contributed by atoms with Crippen molar-refractivity contribution in [3.63, 3.8) is 0 Å². The van der Waals surface area contributed by atoms with Crippen molar-refractivity contribution in [2.45, 2.75) is 23.5 Å². The SMILES string of the molecule is CCCNc1ccc([N+](=O)[O-])c(Sc2nccn2C)n1. The summed E-state index contributed by atoms with van der Waals surface area (Å²) in [6, 6.07) is 3.09. The number of imidazole rings is 1. The van der Waals surface area contributed by atoms with E-state index in [1.807, 2.05) is 14.0 Å². The van der Waals surface area contributed by atoms with Crippen molar-refractivity contribution in [2.75, 3.05) is 11.9 Å². The highest BCUT2D eigenvalue weighted by Gasteiger charge is 2.18. The molecule has 0 aliphatic heterocycles. The molecule has 20 heavy (non-hydrogen) atoms. The molecule has 1 N–H and O–H groups in total. The molecule has 0 unspecified atom stereocenters. The molecular weight excluding hydrogens is 278 g/mol. The molecule has 0 fully saturated rings. The number of aryl methyl sites for hydroxylation is 1. The minimum Gasteiger partial charge on any atom is -0.370 e. The average Bonchev–Trinajstić information content (AvgIpc) is 2.82. The standard InChI is InChI=1S/C12H15N5O2S/c1-3-6-13-10-5-4-9(17(18)19)11(15-10)20-12-14-7-8-16(12)2/h4-5,7-8H,3,6H2,1-2H3,(H,13,15). The van der Waals surface area contributed by atoms with E-state index in [2.05, 4.69) is 15.3 Å². The van der Waals surface area contributed by atoms with Crippen LogP contribution in [0.4, 0.5) is 11.5 Å². The lowest BCUT2D eigenvalue weighted by Gasteiger charge is -2.07.